The van der Waals surface area contributed by atoms with Gasteiger partial charge in [-0.3, -0.25) is 9.69 Å². The van der Waals surface area contributed by atoms with Gasteiger partial charge in [-0.25, -0.2) is 4.39 Å². The molecular weight excluding hydrogens is 315 g/mol. The highest BCUT2D eigenvalue weighted by Gasteiger charge is 2.38. The van der Waals surface area contributed by atoms with Crippen LogP contribution in [-0.2, 0) is 0 Å². The number of rotatable bonds is 3. The number of para-hydroxylation sites is 2. The van der Waals surface area contributed by atoms with E-state index >= 15 is 0 Å². The molecule has 0 bridgehead atoms. The lowest BCUT2D eigenvalue weighted by atomic mass is 10.1. The molecule has 0 saturated carbocycles. The Kier molecular flexibility index (Phi) is 3.73. The summed E-state index contributed by atoms with van der Waals surface area (Å²) in [6.45, 7) is 1.96. The summed E-state index contributed by atoms with van der Waals surface area (Å²) in [6, 6.07) is 21.7. The van der Waals surface area contributed by atoms with E-state index < -0.39 is 6.17 Å². The van der Waals surface area contributed by atoms with Crippen LogP contribution in [-0.4, -0.2) is 5.91 Å². The smallest absolute Gasteiger partial charge is 0.260 e. The van der Waals surface area contributed by atoms with Crippen LogP contribution in [0.5, 0.6) is 0 Å². The fraction of sp³-hybridized carbons (Fsp3) is 0.0952. The van der Waals surface area contributed by atoms with E-state index in [-0.39, 0.29) is 11.7 Å². The van der Waals surface area contributed by atoms with Crippen LogP contribution in [0.3, 0.4) is 0 Å². The second-order valence-corrected chi connectivity index (χ2v) is 6.08. The van der Waals surface area contributed by atoms with Gasteiger partial charge in [0.1, 0.15) is 12.0 Å². The third kappa shape index (κ3) is 2.56. The summed E-state index contributed by atoms with van der Waals surface area (Å²) >= 11 is 0. The van der Waals surface area contributed by atoms with Gasteiger partial charge in [0.05, 0.1) is 5.69 Å². The molecule has 0 radical (unpaired) electrons. The molecular formula is C21H17FN2O. The van der Waals surface area contributed by atoms with Crippen molar-refractivity contribution >= 4 is 17.3 Å². The molecule has 4 rings (SSSR count). The standard InChI is InChI=1S/C21H17FN2O/c1-14-8-2-7-13-19(14)24-20(23-18-12-6-5-11-17(18)22)15-9-3-4-10-16(15)21(24)25/h2-13,20,23H,1H3. The highest BCUT2D eigenvalue weighted by Crippen LogP contribution is 2.39. The van der Waals surface area contributed by atoms with Crippen molar-refractivity contribution in [3.8, 4) is 0 Å². The Morgan fingerprint density at radius 3 is 2.40 bits per heavy atom. The normalized spacial score (nSPS) is 16.0. The van der Waals surface area contributed by atoms with Gasteiger partial charge in [-0.05, 0) is 36.8 Å². The summed E-state index contributed by atoms with van der Waals surface area (Å²) in [4.78, 5) is 14.7. The molecule has 0 saturated heterocycles. The minimum Gasteiger partial charge on any atom is -0.359 e. The number of carbonyl (C=O) groups is 1. The Bertz CT molecular complexity index is 954. The van der Waals surface area contributed by atoms with Gasteiger partial charge in [-0.1, -0.05) is 48.5 Å². The molecule has 1 atom stereocenters. The van der Waals surface area contributed by atoms with Crippen molar-refractivity contribution in [1.82, 2.24) is 0 Å². The predicted molar refractivity (Wildman–Crippen MR) is 97.2 cm³/mol. The first-order valence-electron chi connectivity index (χ1n) is 8.16. The molecule has 25 heavy (non-hydrogen) atoms. The van der Waals surface area contributed by atoms with Gasteiger partial charge < -0.3 is 5.32 Å². The molecule has 1 aliphatic rings. The Morgan fingerprint density at radius 1 is 0.920 bits per heavy atom. The SMILES string of the molecule is Cc1ccccc1N1C(=O)c2ccccc2C1Nc1ccccc1F. The van der Waals surface area contributed by atoms with Crippen LogP contribution >= 0.6 is 0 Å². The van der Waals surface area contributed by atoms with E-state index in [2.05, 4.69) is 5.32 Å². The topological polar surface area (TPSA) is 32.3 Å². The van der Waals surface area contributed by atoms with Crippen LogP contribution in [0.15, 0.2) is 72.8 Å². The quantitative estimate of drug-likeness (QED) is 0.739. The van der Waals surface area contributed by atoms with Crippen LogP contribution < -0.4 is 10.2 Å². The van der Waals surface area contributed by atoms with Crippen molar-refractivity contribution in [1.29, 1.82) is 0 Å². The van der Waals surface area contributed by atoms with Crippen molar-refractivity contribution in [2.45, 2.75) is 13.1 Å². The van der Waals surface area contributed by atoms with Crippen molar-refractivity contribution in [3.05, 3.63) is 95.3 Å². The number of hydrogen-bond acceptors (Lipinski definition) is 2. The number of amides is 1. The van der Waals surface area contributed by atoms with Crippen LogP contribution in [0.4, 0.5) is 15.8 Å². The Morgan fingerprint density at radius 2 is 1.60 bits per heavy atom. The average molecular weight is 332 g/mol. The summed E-state index contributed by atoms with van der Waals surface area (Å²) in [5, 5.41) is 3.20. The minimum atomic E-state index is -0.457. The fourth-order valence-corrected chi connectivity index (χ4v) is 3.27. The number of carbonyl (C=O) groups excluding carboxylic acids is 1. The maximum atomic E-state index is 14.2. The van der Waals surface area contributed by atoms with Crippen molar-refractivity contribution in [2.24, 2.45) is 0 Å². The Labute approximate surface area is 145 Å². The molecule has 0 aliphatic carbocycles. The number of aryl methyl sites for hydroxylation is 1. The molecule has 3 nitrogen and oxygen atoms in total. The molecule has 0 aromatic heterocycles. The molecule has 1 unspecified atom stereocenters. The highest BCUT2D eigenvalue weighted by atomic mass is 19.1. The first-order chi connectivity index (χ1) is 12.2. The van der Waals surface area contributed by atoms with E-state index in [0.29, 0.717) is 11.3 Å². The molecule has 1 N–H and O–H groups in total. The lowest BCUT2D eigenvalue weighted by Gasteiger charge is -2.28. The van der Waals surface area contributed by atoms with E-state index in [1.807, 2.05) is 55.5 Å². The van der Waals surface area contributed by atoms with Gasteiger partial charge in [0.15, 0.2) is 0 Å². The number of benzene rings is 3. The van der Waals surface area contributed by atoms with Gasteiger partial charge in [-0.15, -0.1) is 0 Å². The van der Waals surface area contributed by atoms with Gasteiger partial charge >= 0.3 is 0 Å². The van der Waals surface area contributed by atoms with E-state index in [4.69, 9.17) is 0 Å². The molecule has 1 amide bonds. The lowest BCUT2D eigenvalue weighted by molar-refractivity contribution is 0.0992. The van der Waals surface area contributed by atoms with Crippen LogP contribution in [0.1, 0.15) is 27.7 Å². The summed E-state index contributed by atoms with van der Waals surface area (Å²) in [5.74, 6) is -0.428. The summed E-state index contributed by atoms with van der Waals surface area (Å²) in [5.41, 5.74) is 3.66. The van der Waals surface area contributed by atoms with E-state index in [9.17, 15) is 9.18 Å². The summed E-state index contributed by atoms with van der Waals surface area (Å²) < 4.78 is 14.2. The second-order valence-electron chi connectivity index (χ2n) is 6.08. The lowest BCUT2D eigenvalue weighted by Crippen LogP contribution is -2.33. The largest absolute Gasteiger partial charge is 0.359 e. The maximum Gasteiger partial charge on any atom is 0.260 e. The highest BCUT2D eigenvalue weighted by molar-refractivity contribution is 6.11. The molecule has 0 fully saturated rings. The third-order valence-corrected chi connectivity index (χ3v) is 4.50. The average Bonchev–Trinajstić information content (AvgIpc) is 2.90. The van der Waals surface area contributed by atoms with E-state index in [0.717, 1.165) is 16.8 Å². The van der Waals surface area contributed by atoms with Crippen LogP contribution in [0.25, 0.3) is 0 Å². The van der Waals surface area contributed by atoms with E-state index in [1.54, 1.807) is 23.1 Å². The number of anilines is 2. The Balaban J connectivity index is 1.84. The Hall–Kier alpha value is -3.14. The molecule has 4 heteroatoms. The van der Waals surface area contributed by atoms with Crippen LogP contribution in [0.2, 0.25) is 0 Å². The zero-order valence-corrected chi connectivity index (χ0v) is 13.7. The molecule has 124 valence electrons. The zero-order valence-electron chi connectivity index (χ0n) is 13.7. The molecule has 1 aliphatic heterocycles. The van der Waals surface area contributed by atoms with Gasteiger partial charge in [0.25, 0.3) is 5.91 Å². The summed E-state index contributed by atoms with van der Waals surface area (Å²) in [7, 11) is 0. The maximum absolute atomic E-state index is 14.2. The number of fused-ring (bicyclic) bond motifs is 1. The second kappa shape index (κ2) is 6.06. The summed E-state index contributed by atoms with van der Waals surface area (Å²) in [6.07, 6.45) is -0.457. The van der Waals surface area contributed by atoms with Crippen molar-refractivity contribution < 1.29 is 9.18 Å². The molecule has 1 heterocycles. The number of nitrogens with one attached hydrogen (secondary N) is 1. The van der Waals surface area contributed by atoms with Crippen LogP contribution in [0, 0.1) is 12.7 Å². The van der Waals surface area contributed by atoms with Gasteiger partial charge in [0.2, 0.25) is 0 Å². The first kappa shape index (κ1) is 15.4. The van der Waals surface area contributed by atoms with Crippen molar-refractivity contribution in [3.63, 3.8) is 0 Å². The first-order valence-corrected chi connectivity index (χ1v) is 8.16. The van der Waals surface area contributed by atoms with Gasteiger partial charge in [-0.2, -0.15) is 0 Å². The third-order valence-electron chi connectivity index (χ3n) is 4.50. The number of hydrogen-bond donors (Lipinski definition) is 1. The van der Waals surface area contributed by atoms with Crippen molar-refractivity contribution in [2.75, 3.05) is 10.2 Å². The monoisotopic (exact) mass is 332 g/mol. The molecule has 3 aromatic rings. The molecule has 0 spiro atoms. The zero-order chi connectivity index (χ0) is 17.4. The number of nitrogens with zero attached hydrogens (tertiary/aromatic N) is 1. The predicted octanol–water partition coefficient (Wildman–Crippen LogP) is 4.91. The van der Waals surface area contributed by atoms with Gasteiger partial charge in [0, 0.05) is 16.8 Å². The molecule has 3 aromatic carbocycles. The number of halogens is 1. The van der Waals surface area contributed by atoms with E-state index in [1.165, 1.54) is 6.07 Å². The minimum absolute atomic E-state index is 0.0845. The fourth-order valence-electron chi connectivity index (χ4n) is 3.27.